The first kappa shape index (κ1) is 23.1. The maximum absolute atomic E-state index is 13.4. The van der Waals surface area contributed by atoms with Gasteiger partial charge in [-0.05, 0) is 48.2 Å². The fourth-order valence-electron chi connectivity index (χ4n) is 4.28. The van der Waals surface area contributed by atoms with E-state index in [1.54, 1.807) is 7.11 Å². The van der Waals surface area contributed by atoms with Gasteiger partial charge in [-0.15, -0.1) is 0 Å². The molecule has 0 bridgehead atoms. The van der Waals surface area contributed by atoms with Crippen molar-refractivity contribution in [2.45, 2.75) is 32.0 Å². The van der Waals surface area contributed by atoms with Gasteiger partial charge in [0.25, 0.3) is 0 Å². The zero-order chi connectivity index (χ0) is 23.0. The molecule has 1 aliphatic rings. The number of benzene rings is 3. The molecule has 1 fully saturated rings. The third-order valence-electron chi connectivity index (χ3n) is 6.09. The van der Waals surface area contributed by atoms with E-state index in [9.17, 15) is 4.79 Å². The highest BCUT2D eigenvalue weighted by Crippen LogP contribution is 2.23. The molecule has 5 nitrogen and oxygen atoms in total. The topological polar surface area (TPSA) is 44.8 Å². The molecule has 33 heavy (non-hydrogen) atoms. The molecule has 0 spiro atoms. The highest BCUT2D eigenvalue weighted by Gasteiger charge is 2.28. The second-order valence-corrected chi connectivity index (χ2v) is 8.85. The predicted octanol–water partition coefficient (Wildman–Crippen LogP) is 6.05. The van der Waals surface area contributed by atoms with Gasteiger partial charge in [-0.1, -0.05) is 60.1 Å². The van der Waals surface area contributed by atoms with Crippen LogP contribution in [0.4, 0.5) is 10.5 Å². The maximum Gasteiger partial charge on any atom is 0.322 e. The average Bonchev–Trinajstić information content (AvgIpc) is 2.85. The number of piperidine rings is 1. The van der Waals surface area contributed by atoms with E-state index in [2.05, 4.69) is 34.5 Å². The van der Waals surface area contributed by atoms with Gasteiger partial charge in [0, 0.05) is 49.0 Å². The quantitative estimate of drug-likeness (QED) is 0.464. The largest absolute Gasteiger partial charge is 0.497 e. The Hall–Kier alpha value is -3.02. The van der Waals surface area contributed by atoms with Crippen LogP contribution < -0.4 is 10.1 Å². The molecule has 6 heteroatoms. The van der Waals surface area contributed by atoms with Crippen LogP contribution in [0.25, 0.3) is 0 Å². The lowest BCUT2D eigenvalue weighted by atomic mass is 10.0. The Bertz CT molecular complexity index is 1030. The number of halogens is 1. The van der Waals surface area contributed by atoms with Gasteiger partial charge in [-0.3, -0.25) is 4.90 Å². The summed E-state index contributed by atoms with van der Waals surface area (Å²) >= 11 is 6.07. The Labute approximate surface area is 200 Å². The lowest BCUT2D eigenvalue weighted by Gasteiger charge is -2.38. The van der Waals surface area contributed by atoms with Crippen molar-refractivity contribution < 1.29 is 9.53 Å². The normalized spacial score (nSPS) is 14.6. The molecule has 3 aromatic carbocycles. The smallest absolute Gasteiger partial charge is 0.322 e. The van der Waals surface area contributed by atoms with Crippen molar-refractivity contribution in [2.24, 2.45) is 0 Å². The van der Waals surface area contributed by atoms with Crippen molar-refractivity contribution in [3.05, 3.63) is 95.0 Å². The molecule has 4 rings (SSSR count). The van der Waals surface area contributed by atoms with Gasteiger partial charge in [-0.25, -0.2) is 4.79 Å². The third kappa shape index (κ3) is 6.50. The molecule has 0 saturated carbocycles. The monoisotopic (exact) mass is 463 g/mol. The first-order valence-electron chi connectivity index (χ1n) is 11.3. The van der Waals surface area contributed by atoms with Crippen LogP contribution in [0, 0.1) is 0 Å². The molecular formula is C27H30ClN3O2. The number of hydrogen-bond donors (Lipinski definition) is 1. The number of hydrogen-bond acceptors (Lipinski definition) is 3. The lowest BCUT2D eigenvalue weighted by molar-refractivity contribution is 0.120. The number of carbonyl (C=O) groups is 1. The minimum Gasteiger partial charge on any atom is -0.497 e. The number of nitrogens with one attached hydrogen (secondary N) is 1. The summed E-state index contributed by atoms with van der Waals surface area (Å²) in [5, 5.41) is 3.76. The van der Waals surface area contributed by atoms with Crippen LogP contribution in [0.1, 0.15) is 24.0 Å². The molecular weight excluding hydrogens is 434 g/mol. The van der Waals surface area contributed by atoms with Crippen molar-refractivity contribution >= 4 is 23.3 Å². The van der Waals surface area contributed by atoms with Crippen LogP contribution in [0.15, 0.2) is 78.9 Å². The van der Waals surface area contributed by atoms with E-state index in [1.165, 1.54) is 5.56 Å². The van der Waals surface area contributed by atoms with Crippen molar-refractivity contribution in [3.8, 4) is 5.75 Å². The van der Waals surface area contributed by atoms with Crippen molar-refractivity contribution in [3.63, 3.8) is 0 Å². The summed E-state index contributed by atoms with van der Waals surface area (Å²) in [6, 6.07) is 25.8. The second kappa shape index (κ2) is 11.2. The van der Waals surface area contributed by atoms with Crippen LogP contribution in [0.3, 0.4) is 0 Å². The Morgan fingerprint density at radius 1 is 1.00 bits per heavy atom. The van der Waals surface area contributed by atoms with E-state index in [-0.39, 0.29) is 12.1 Å². The minimum absolute atomic E-state index is 0.0975. The number of carbonyl (C=O) groups excluding carboxylic acids is 1. The predicted molar refractivity (Wildman–Crippen MR) is 134 cm³/mol. The first-order valence-corrected chi connectivity index (χ1v) is 11.7. The van der Waals surface area contributed by atoms with E-state index in [4.69, 9.17) is 16.3 Å². The Kier molecular flexibility index (Phi) is 7.87. The van der Waals surface area contributed by atoms with E-state index < -0.39 is 0 Å². The average molecular weight is 464 g/mol. The summed E-state index contributed by atoms with van der Waals surface area (Å²) in [6.45, 7) is 3.41. The summed E-state index contributed by atoms with van der Waals surface area (Å²) in [4.78, 5) is 17.8. The number of nitrogens with zero attached hydrogens (tertiary/aromatic N) is 2. The summed E-state index contributed by atoms with van der Waals surface area (Å²) in [5.41, 5.74) is 3.11. The van der Waals surface area contributed by atoms with E-state index in [0.717, 1.165) is 43.7 Å². The molecule has 1 saturated heterocycles. The van der Waals surface area contributed by atoms with Gasteiger partial charge >= 0.3 is 6.03 Å². The highest BCUT2D eigenvalue weighted by molar-refractivity contribution is 6.30. The van der Waals surface area contributed by atoms with Crippen LogP contribution in [0.5, 0.6) is 5.75 Å². The molecule has 0 atom stereocenters. The third-order valence-corrected chi connectivity index (χ3v) is 6.35. The molecule has 1 heterocycles. The summed E-state index contributed by atoms with van der Waals surface area (Å²) < 4.78 is 5.30. The second-order valence-electron chi connectivity index (χ2n) is 8.41. The molecule has 1 aliphatic heterocycles. The number of amides is 2. The SMILES string of the molecule is COc1cccc(NC(=O)N(Cc2ccc(Cl)cc2)C2CCN(Cc3ccccc3)CC2)c1. The van der Waals surface area contributed by atoms with Crippen LogP contribution in [0.2, 0.25) is 5.02 Å². The molecule has 0 radical (unpaired) electrons. The Morgan fingerprint density at radius 2 is 1.73 bits per heavy atom. The minimum atomic E-state index is -0.0975. The van der Waals surface area contributed by atoms with E-state index in [1.807, 2.05) is 59.5 Å². The first-order chi connectivity index (χ1) is 16.1. The Balaban J connectivity index is 1.45. The molecule has 1 N–H and O–H groups in total. The maximum atomic E-state index is 13.4. The molecule has 0 aromatic heterocycles. The van der Waals surface area contributed by atoms with Gasteiger partial charge in [0.15, 0.2) is 0 Å². The molecule has 172 valence electrons. The van der Waals surface area contributed by atoms with Crippen LogP contribution in [-0.2, 0) is 13.1 Å². The highest BCUT2D eigenvalue weighted by atomic mass is 35.5. The zero-order valence-electron chi connectivity index (χ0n) is 18.9. The number of rotatable bonds is 7. The number of ether oxygens (including phenoxy) is 1. The molecule has 3 aromatic rings. The fraction of sp³-hybridized carbons (Fsp3) is 0.296. The number of methoxy groups -OCH3 is 1. The van der Waals surface area contributed by atoms with Crippen molar-refractivity contribution in [1.29, 1.82) is 0 Å². The van der Waals surface area contributed by atoms with Gasteiger partial charge < -0.3 is 15.0 Å². The van der Waals surface area contributed by atoms with Crippen LogP contribution >= 0.6 is 11.6 Å². The van der Waals surface area contributed by atoms with E-state index in [0.29, 0.717) is 17.3 Å². The van der Waals surface area contributed by atoms with Gasteiger partial charge in [0.2, 0.25) is 0 Å². The van der Waals surface area contributed by atoms with Gasteiger partial charge in [-0.2, -0.15) is 0 Å². The summed E-state index contributed by atoms with van der Waals surface area (Å²) in [5.74, 6) is 0.714. The Morgan fingerprint density at radius 3 is 2.42 bits per heavy atom. The van der Waals surface area contributed by atoms with Crippen molar-refractivity contribution in [2.75, 3.05) is 25.5 Å². The number of urea groups is 1. The fourth-order valence-corrected chi connectivity index (χ4v) is 4.41. The zero-order valence-corrected chi connectivity index (χ0v) is 19.7. The number of likely N-dealkylation sites (tertiary alicyclic amines) is 1. The molecule has 0 unspecified atom stereocenters. The standard InChI is InChI=1S/C27H30ClN3O2/c1-33-26-9-5-8-24(18-26)29-27(32)31(20-22-10-12-23(28)13-11-22)25-14-16-30(17-15-25)19-21-6-3-2-4-7-21/h2-13,18,25H,14-17,19-20H2,1H3,(H,29,32). The lowest BCUT2D eigenvalue weighted by Crippen LogP contribution is -2.48. The summed E-state index contributed by atoms with van der Waals surface area (Å²) in [6.07, 6.45) is 1.87. The van der Waals surface area contributed by atoms with Gasteiger partial charge in [0.05, 0.1) is 7.11 Å². The number of anilines is 1. The van der Waals surface area contributed by atoms with Gasteiger partial charge in [0.1, 0.15) is 5.75 Å². The van der Waals surface area contributed by atoms with E-state index >= 15 is 0 Å². The molecule has 0 aliphatic carbocycles. The summed E-state index contributed by atoms with van der Waals surface area (Å²) in [7, 11) is 1.62. The molecule has 2 amide bonds. The van der Waals surface area contributed by atoms with Crippen molar-refractivity contribution in [1.82, 2.24) is 9.80 Å². The van der Waals surface area contributed by atoms with Crippen LogP contribution in [-0.4, -0.2) is 42.1 Å².